The number of hydrogen-bond donors (Lipinski definition) is 18. The van der Waals surface area contributed by atoms with Crippen LogP contribution in [0.1, 0.15) is 489 Å². The van der Waals surface area contributed by atoms with Gasteiger partial charge in [0.25, 0.3) is 0 Å². The number of imidazole rings is 1. The van der Waals surface area contributed by atoms with Crippen molar-refractivity contribution in [1.82, 2.24) is 109 Å². The summed E-state index contributed by atoms with van der Waals surface area (Å²) < 4.78 is 1.91. The molecule has 12 saturated carbocycles. The fraction of sp³-hybridized carbons (Fsp3) is 0.838. The van der Waals surface area contributed by atoms with Gasteiger partial charge >= 0.3 is 48.2 Å². The van der Waals surface area contributed by atoms with E-state index < -0.39 is 0 Å². The monoisotopic (exact) mass is 2080 g/mol. The van der Waals surface area contributed by atoms with Gasteiger partial charge in [0.15, 0.2) is 0 Å². The predicted molar refractivity (Wildman–Crippen MR) is 607 cm³/mol. The number of aryl methyl sites for hydroxylation is 1. The number of likely N-dealkylation sites (tertiary alicyclic amines) is 1. The van der Waals surface area contributed by atoms with Gasteiger partial charge in [-0.25, -0.2) is 54.3 Å². The zero-order valence-electron chi connectivity index (χ0n) is 93.7. The number of benzene rings is 1. The molecule has 19 N–H and O–H groups in total. The van der Waals surface area contributed by atoms with Gasteiger partial charge in [0, 0.05) is 112 Å². The summed E-state index contributed by atoms with van der Waals surface area (Å²) in [7, 11) is 1.94. The number of nitrogens with two attached hydrogens (primary N) is 1. The lowest BCUT2D eigenvalue weighted by molar-refractivity contribution is 0.159. The first-order valence-corrected chi connectivity index (χ1v) is 61.3. The number of para-hydroxylation sites is 1. The molecule has 13 fully saturated rings. The summed E-state index contributed by atoms with van der Waals surface area (Å²) in [5.41, 5.74) is 2.37. The van der Waals surface area contributed by atoms with E-state index in [2.05, 4.69) is 131 Å². The van der Waals surface area contributed by atoms with Gasteiger partial charge in [0.2, 0.25) is 5.95 Å². The Hall–Kier alpha value is -8.55. The Balaban J connectivity index is 0.000000189. The predicted octanol–water partition coefficient (Wildman–Crippen LogP) is 23.9. The summed E-state index contributed by atoms with van der Waals surface area (Å²) in [6.07, 6.45) is 95.5. The maximum Gasteiger partial charge on any atom is 0.321 e. The molecule has 1 aromatic carbocycles. The van der Waals surface area contributed by atoms with Crippen molar-refractivity contribution in [3.63, 3.8) is 0 Å². The average Bonchev–Trinajstić information content (AvgIpc) is 1.27. The summed E-state index contributed by atoms with van der Waals surface area (Å²) in [5.74, 6) is 7.11. The number of piperidine rings is 1. The summed E-state index contributed by atoms with van der Waals surface area (Å²) in [6, 6.07) is 14.4. The molecule has 149 heavy (non-hydrogen) atoms. The molecule has 2 aromatic heterocycles. The molecule has 0 unspecified atom stereocenters. The zero-order valence-corrected chi connectivity index (χ0v) is 93.7. The maximum absolute atomic E-state index is 12.2. The van der Waals surface area contributed by atoms with Gasteiger partial charge in [-0.15, -0.1) is 0 Å². The zero-order chi connectivity index (χ0) is 105. The molecule has 0 spiro atoms. The second kappa shape index (κ2) is 76.9. The van der Waals surface area contributed by atoms with E-state index in [1.54, 1.807) is 11.3 Å². The molecule has 3 aromatic rings. The first-order valence-electron chi connectivity index (χ1n) is 61.3. The van der Waals surface area contributed by atoms with Crippen LogP contribution in [0.3, 0.4) is 0 Å². The van der Waals surface area contributed by atoms with Crippen LogP contribution in [0.25, 0.3) is 0 Å². The minimum absolute atomic E-state index is 0.0329. The third kappa shape index (κ3) is 58.9. The summed E-state index contributed by atoms with van der Waals surface area (Å²) in [6.45, 7) is 13.2. The average molecular weight is 2080 g/mol. The molecule has 0 bridgehead atoms. The molecular weight excluding hydrogens is 1870 g/mol. The third-order valence-electron chi connectivity index (χ3n) is 33.1. The molecule has 3 heterocycles. The minimum Gasteiger partial charge on any atom is -0.340 e. The first kappa shape index (κ1) is 124. The Labute approximate surface area is 899 Å². The van der Waals surface area contributed by atoms with Crippen LogP contribution in [0.5, 0.6) is 0 Å². The van der Waals surface area contributed by atoms with E-state index in [9.17, 15) is 38.4 Å². The fourth-order valence-corrected chi connectivity index (χ4v) is 24.0. The Morgan fingerprint density at radius 3 is 0.866 bits per heavy atom. The van der Waals surface area contributed by atoms with E-state index in [1.165, 1.54) is 321 Å². The van der Waals surface area contributed by atoms with Gasteiger partial charge in [0.1, 0.15) is 6.33 Å². The molecule has 32 nitrogen and oxygen atoms in total. The number of urea groups is 8. The number of hydrogen-bond acceptors (Lipinski definition) is 14. The highest BCUT2D eigenvalue weighted by Crippen LogP contribution is 2.38. The Morgan fingerprint density at radius 2 is 0.584 bits per heavy atom. The van der Waals surface area contributed by atoms with Crippen LogP contribution in [-0.4, -0.2) is 196 Å². The highest BCUT2D eigenvalue weighted by molar-refractivity contribution is 5.87. The number of aromatic nitrogens is 5. The van der Waals surface area contributed by atoms with E-state index in [0.717, 1.165) is 197 Å². The topological polar surface area (TPSA) is 421 Å². The Morgan fingerprint density at radius 1 is 0.322 bits per heavy atom. The molecular formula is C117H212N24O8. The number of rotatable bonds is 24. The number of amides is 16. The van der Waals surface area contributed by atoms with Gasteiger partial charge in [-0.1, -0.05) is 315 Å². The highest BCUT2D eigenvalue weighted by atomic mass is 16.2. The minimum atomic E-state index is -0.210. The molecule has 16 amide bonds. The second-order valence-electron chi connectivity index (χ2n) is 47.0. The normalized spacial score (nSPS) is 21.7. The van der Waals surface area contributed by atoms with Gasteiger partial charge < -0.3 is 94.2 Å². The van der Waals surface area contributed by atoms with Gasteiger partial charge in [0.05, 0.1) is 24.3 Å². The van der Waals surface area contributed by atoms with Crippen molar-refractivity contribution in [3.05, 3.63) is 54.9 Å². The molecule has 1 aliphatic heterocycles. The van der Waals surface area contributed by atoms with Crippen LogP contribution in [0.2, 0.25) is 0 Å². The number of H-pyrrole nitrogens is 1. The van der Waals surface area contributed by atoms with Crippen molar-refractivity contribution in [2.24, 2.45) is 24.2 Å². The van der Waals surface area contributed by atoms with Crippen LogP contribution in [-0.2, 0) is 13.5 Å². The van der Waals surface area contributed by atoms with Crippen molar-refractivity contribution in [2.45, 2.75) is 562 Å². The molecule has 1 saturated heterocycles. The highest BCUT2D eigenvalue weighted by Gasteiger charge is 2.32. The molecule has 12 aliphatic carbocycles. The van der Waals surface area contributed by atoms with Gasteiger partial charge in [-0.05, 0) is 229 Å². The first-order chi connectivity index (χ1) is 72.7. The van der Waals surface area contributed by atoms with Crippen molar-refractivity contribution >= 4 is 59.9 Å². The number of carbonyl (C=O) groups excluding carboxylic acids is 8. The summed E-state index contributed by atoms with van der Waals surface area (Å²) in [5, 5.41) is 56.7. The van der Waals surface area contributed by atoms with Crippen LogP contribution in [0, 0.1) is 11.3 Å². The van der Waals surface area contributed by atoms with E-state index in [1.807, 2.05) is 48.1 Å². The summed E-state index contributed by atoms with van der Waals surface area (Å²) >= 11 is 0. The number of aromatic amines is 1. The van der Waals surface area contributed by atoms with Crippen LogP contribution in [0.4, 0.5) is 50.0 Å². The second-order valence-corrected chi connectivity index (χ2v) is 47.0. The number of nitrogens with one attached hydrogen (secondary N) is 17. The van der Waals surface area contributed by atoms with Gasteiger partial charge in [-0.2, -0.15) is 10.1 Å². The van der Waals surface area contributed by atoms with E-state index in [4.69, 9.17) is 5.84 Å². The standard InChI is InChI=1S/C19H36N2O.C17H32N2O.C15H24N4O.C15H29N3O.C15H28N2O.C14H26N2O.C13H22N4O.C9H15N5O/c22-19(21-18-15-11-8-12-16-18)20-17-13-9-6-4-2-1-3-5-7-10-14-17;1-17(2,3)13-9-11-15(12-10-13)19-16(20)18-14-7-5-4-6-8-14;16-19(14-9-5-2-6-10-14)12-11-17-15(20)18-13-7-3-1-4-8-13;19-15(17-14-8-3-1-4-9-14)16-10-7-13-18-11-5-2-6-12-18;18-15(17-14-11-7-4-8-12-14)16-13-9-5-2-1-3-6-10-13;17-14(16-13-10-6-3-7-11-13)15-12-8-4-1-2-5-9-12;1-17-9-12(15-10-17)7-8-14-13(18)16-11-5-3-2-4-6-11;15-9(13-8-10-6-11-14-8)12-7-4-2-1-3-5-7/h17-18H,1-16H2,(H2,20,21,22);13-15H,4-12H2,1-3H3,(H2,18,19,20);2,5-6,9-10,13H,1,3-4,7-8,11-12,16H2,(H2,17,18,20);14H,1-13H2,(H2,16,17,19);13-14H,1-12H2,(H2,16,17,18);12-13H,1-11H2,(H2,15,16,17);9-11H,2-8H2,1H3,(H2,14,16,18);6-7H,1-5H2,(H3,10,11,12,13,14,15). The lowest BCUT2D eigenvalue weighted by Gasteiger charge is -2.37. The number of nitrogens with zero attached hydrogens (tertiary/aromatic N) is 6. The van der Waals surface area contributed by atoms with Crippen LogP contribution >= 0.6 is 0 Å². The van der Waals surface area contributed by atoms with Crippen molar-refractivity contribution in [3.8, 4) is 0 Å². The number of anilines is 2. The molecule has 16 rings (SSSR count). The largest absolute Gasteiger partial charge is 0.340 e. The van der Waals surface area contributed by atoms with Crippen molar-refractivity contribution in [1.29, 1.82) is 0 Å². The Kier molecular flexibility index (Phi) is 64.0. The summed E-state index contributed by atoms with van der Waals surface area (Å²) in [4.78, 5) is 105. The lowest BCUT2D eigenvalue weighted by Crippen LogP contribution is -2.48. The molecule has 0 radical (unpaired) electrons. The number of hydrazine groups is 1. The SMILES string of the molecule is CC(C)(C)C1CCC(NC(=O)NC2CCCCC2)CC1.Cn1cnc(CCNC(=O)NC2CCCCC2)c1.NN(CCNC(=O)NC1CCCCC1)c1ccccc1.O=C(NC1CCCCCC1)NC1CCCCC1.O=C(NC1CCCCCCC1)NC1CCCCC1.O=C(NC1CCCCCCCCCCC1)NC1CCCCC1.O=C(NCCCN1CCCCC1)NC1CCCCC1.O=C(Nc1ncn[nH]1)NC1CCCCC1. The molecule has 0 atom stereocenters. The smallest absolute Gasteiger partial charge is 0.321 e. The Bertz CT molecular complexity index is 3900. The lowest BCUT2D eigenvalue weighted by atomic mass is 9.71. The van der Waals surface area contributed by atoms with E-state index in [-0.39, 0.29) is 48.2 Å². The van der Waals surface area contributed by atoms with E-state index >= 15 is 0 Å². The quantitative estimate of drug-likeness (QED) is 0.0172. The number of carbonyl (C=O) groups is 8. The van der Waals surface area contributed by atoms with Crippen LogP contribution in [0.15, 0.2) is 49.2 Å². The van der Waals surface area contributed by atoms with Crippen LogP contribution < -0.4 is 95.9 Å². The molecule has 32 heteroatoms. The van der Waals surface area contributed by atoms with E-state index in [0.29, 0.717) is 103 Å². The third-order valence-corrected chi connectivity index (χ3v) is 33.1. The van der Waals surface area contributed by atoms with Crippen molar-refractivity contribution < 1.29 is 38.4 Å². The molecule has 848 valence electrons. The molecule has 13 aliphatic rings. The van der Waals surface area contributed by atoms with Gasteiger partial charge in [-0.3, -0.25) is 5.32 Å². The van der Waals surface area contributed by atoms with Crippen molar-refractivity contribution in [2.75, 3.05) is 56.1 Å². The maximum atomic E-state index is 12.2. The fourth-order valence-electron chi connectivity index (χ4n) is 24.0.